The maximum absolute atomic E-state index is 12.4. The molecule has 0 atom stereocenters. The van der Waals surface area contributed by atoms with E-state index < -0.39 is 8.07 Å². The Morgan fingerprint density at radius 3 is 2.37 bits per heavy atom. The monoisotopic (exact) mass is 771 g/mol. The van der Waals surface area contributed by atoms with E-state index in [2.05, 4.69) is 88.8 Å². The molecule has 0 amide bonds. The number of allylic oxidation sites excluding steroid dienone is 4. The van der Waals surface area contributed by atoms with Crippen molar-refractivity contribution >= 4 is 106 Å². The van der Waals surface area contributed by atoms with Gasteiger partial charge in [0, 0.05) is 0 Å². The molecule has 1 aromatic carbocycles. The molecule has 2 aliphatic rings. The van der Waals surface area contributed by atoms with Gasteiger partial charge in [0.2, 0.25) is 0 Å². The second-order valence-corrected chi connectivity index (χ2v) is 20.0. The number of hydrogen-bond donors (Lipinski definition) is 1. The summed E-state index contributed by atoms with van der Waals surface area (Å²) >= 11 is 8.65. The second-order valence-electron chi connectivity index (χ2n) is 8.16. The van der Waals surface area contributed by atoms with Gasteiger partial charge >= 0.3 is 222 Å². The van der Waals surface area contributed by atoms with E-state index in [-0.39, 0.29) is 20.3 Å². The third-order valence-corrected chi connectivity index (χ3v) is 20.8. The summed E-state index contributed by atoms with van der Waals surface area (Å²) in [6, 6.07) is 3.74. The van der Waals surface area contributed by atoms with E-state index in [9.17, 15) is 9.90 Å². The summed E-state index contributed by atoms with van der Waals surface area (Å²) in [5, 5.41) is 13.5. The van der Waals surface area contributed by atoms with Crippen LogP contribution in [0.3, 0.4) is 0 Å². The predicted molar refractivity (Wildman–Crippen MR) is 149 cm³/mol. The number of carbonyl (C=O) groups excluding carboxylic acids is 1. The number of hydrogen-bond acceptors (Lipinski definition) is 3. The molecule has 0 saturated heterocycles. The molecule has 4 rings (SSSR count). The number of ketones is 1. The summed E-state index contributed by atoms with van der Waals surface area (Å²) in [7, 11) is -2.44. The number of fused-ring (bicyclic) bond motifs is 2. The van der Waals surface area contributed by atoms with Crippen LogP contribution in [-0.2, 0) is 4.79 Å². The molecule has 1 aliphatic heterocycles. The molecule has 1 aromatic heterocycles. The molecule has 0 spiro atoms. The molecule has 1 N–H and O–H groups in total. The normalized spacial score (nSPS) is 17.2. The van der Waals surface area contributed by atoms with E-state index in [1.54, 1.807) is 12.1 Å². The van der Waals surface area contributed by atoms with Gasteiger partial charge < -0.3 is 0 Å². The van der Waals surface area contributed by atoms with Crippen molar-refractivity contribution in [3.63, 3.8) is 0 Å². The number of nitrogens with zero attached hydrogens (tertiary/aromatic N) is 1. The molecule has 2 aromatic rings. The third-order valence-electron chi connectivity index (χ3n) is 6.03. The molecule has 0 saturated carbocycles. The number of aromatic hydroxyl groups is 1. The summed E-state index contributed by atoms with van der Waals surface area (Å²) in [6.07, 6.45) is 5.31. The Kier molecular flexibility index (Phi) is 6.49. The van der Waals surface area contributed by atoms with Crippen LogP contribution in [0.4, 0.5) is 5.69 Å². The van der Waals surface area contributed by atoms with Gasteiger partial charge in [0.05, 0.1) is 0 Å². The Labute approximate surface area is 219 Å². The van der Waals surface area contributed by atoms with Crippen molar-refractivity contribution in [2.45, 2.75) is 38.8 Å². The number of halogens is 3. The minimum atomic E-state index is -2.44. The molecule has 0 radical (unpaired) electrons. The molecule has 2 heterocycles. The van der Waals surface area contributed by atoms with Crippen molar-refractivity contribution in [1.29, 1.82) is 0 Å². The fraction of sp³-hybridized carbons (Fsp3) is 0.273. The summed E-state index contributed by atoms with van der Waals surface area (Å²) in [5.41, 5.74) is 3.52. The SMILES string of the molecule is CC(C)[Si]1(C(C)C)C2=CC(=O)C=CC2=Nc2ccc(O)c(-c3[se]c(I)c(Br)c3I)c21. The molecule has 0 bridgehead atoms. The van der Waals surface area contributed by atoms with E-state index in [0.717, 1.165) is 26.6 Å². The summed E-state index contributed by atoms with van der Waals surface area (Å²) in [4.78, 5) is 17.4. The van der Waals surface area contributed by atoms with Crippen LogP contribution in [0.25, 0.3) is 10.0 Å². The van der Waals surface area contributed by atoms with Gasteiger partial charge in [0.15, 0.2) is 0 Å². The van der Waals surface area contributed by atoms with Gasteiger partial charge in [-0.25, -0.2) is 0 Å². The topological polar surface area (TPSA) is 49.7 Å². The summed E-state index contributed by atoms with van der Waals surface area (Å²) in [5.74, 6) is 0.353. The summed E-state index contributed by atoms with van der Waals surface area (Å²) in [6.45, 7) is 9.09. The van der Waals surface area contributed by atoms with Gasteiger partial charge in [0.1, 0.15) is 0 Å². The van der Waals surface area contributed by atoms with Gasteiger partial charge in [-0.05, 0) is 0 Å². The van der Waals surface area contributed by atoms with E-state index in [4.69, 9.17) is 4.99 Å². The number of phenols is 1. The summed E-state index contributed by atoms with van der Waals surface area (Å²) < 4.78 is 4.81. The van der Waals surface area contributed by atoms with Crippen molar-refractivity contribution in [1.82, 2.24) is 0 Å². The maximum atomic E-state index is 12.4. The Balaban J connectivity index is 2.20. The van der Waals surface area contributed by atoms with Crippen LogP contribution in [0.1, 0.15) is 27.7 Å². The molecular weight excluding hydrogens is 751 g/mol. The number of carbonyl (C=O) groups is 1. The van der Waals surface area contributed by atoms with E-state index in [0.29, 0.717) is 16.8 Å². The zero-order valence-electron chi connectivity index (χ0n) is 16.9. The molecule has 0 fully saturated rings. The van der Waals surface area contributed by atoms with Crippen molar-refractivity contribution in [2.24, 2.45) is 4.99 Å². The first kappa shape index (κ1) is 23.2. The Morgan fingerprint density at radius 2 is 1.80 bits per heavy atom. The van der Waals surface area contributed by atoms with Crippen LogP contribution in [0.5, 0.6) is 5.75 Å². The first-order chi connectivity index (χ1) is 14.1. The van der Waals surface area contributed by atoms with Crippen LogP contribution < -0.4 is 5.19 Å². The van der Waals surface area contributed by atoms with Crippen LogP contribution in [0.2, 0.25) is 11.1 Å². The van der Waals surface area contributed by atoms with E-state index in [1.165, 1.54) is 15.6 Å². The minimum absolute atomic E-state index is 0.0325. The molecule has 30 heavy (non-hydrogen) atoms. The Morgan fingerprint density at radius 1 is 1.13 bits per heavy atom. The van der Waals surface area contributed by atoms with Crippen LogP contribution in [0, 0.1) is 6.01 Å². The van der Waals surface area contributed by atoms with E-state index >= 15 is 0 Å². The first-order valence-electron chi connectivity index (χ1n) is 9.64. The van der Waals surface area contributed by atoms with Gasteiger partial charge in [-0.2, -0.15) is 0 Å². The van der Waals surface area contributed by atoms with Crippen molar-refractivity contribution in [2.75, 3.05) is 0 Å². The number of phenolic OH excluding ortho intramolecular Hbond substituents is 1. The second kappa shape index (κ2) is 8.41. The standard InChI is InChI=1S/C22H20BrI2NO2SeSi/c1-10(2)30(11(3)4)16-9-12(27)5-6-13(16)26-14-7-8-15(28)17(21(14)30)20-19(24)18(23)22(25)29-20/h5-11,28H,1-4H3. The Hall–Kier alpha value is -0.00364. The average molecular weight is 771 g/mol. The fourth-order valence-corrected chi connectivity index (χ4v) is 17.5. The average Bonchev–Trinajstić information content (AvgIpc) is 2.93. The number of benzene rings is 1. The predicted octanol–water partition coefficient (Wildman–Crippen LogP) is 6.25. The van der Waals surface area contributed by atoms with E-state index in [1.807, 2.05) is 18.2 Å². The molecule has 1 aliphatic carbocycles. The van der Waals surface area contributed by atoms with Crippen molar-refractivity contribution in [3.05, 3.63) is 46.0 Å². The zero-order chi connectivity index (χ0) is 22.0. The molecule has 3 nitrogen and oxygen atoms in total. The zero-order valence-corrected chi connectivity index (χ0v) is 25.5. The molecule has 156 valence electrons. The fourth-order valence-electron chi connectivity index (χ4n) is 4.92. The first-order valence-corrected chi connectivity index (χ1v) is 16.5. The quantitative estimate of drug-likeness (QED) is 0.228. The van der Waals surface area contributed by atoms with Gasteiger partial charge in [0.25, 0.3) is 0 Å². The molecular formula is C22H20BrI2NO2SeSi. The van der Waals surface area contributed by atoms with Gasteiger partial charge in [-0.3, -0.25) is 0 Å². The van der Waals surface area contributed by atoms with Gasteiger partial charge in [-0.1, -0.05) is 0 Å². The number of aliphatic imine (C=N–C) groups is 1. The molecule has 0 unspecified atom stereocenters. The van der Waals surface area contributed by atoms with Crippen LogP contribution >= 0.6 is 61.1 Å². The van der Waals surface area contributed by atoms with Crippen molar-refractivity contribution < 1.29 is 9.90 Å². The molecule has 8 heteroatoms. The van der Waals surface area contributed by atoms with Crippen LogP contribution in [0.15, 0.2) is 45.0 Å². The van der Waals surface area contributed by atoms with Gasteiger partial charge in [-0.15, -0.1) is 0 Å². The Bertz CT molecular complexity index is 1170. The van der Waals surface area contributed by atoms with Crippen molar-refractivity contribution in [3.8, 4) is 15.8 Å². The third kappa shape index (κ3) is 3.35. The number of rotatable bonds is 3. The van der Waals surface area contributed by atoms with Crippen LogP contribution in [-0.4, -0.2) is 39.2 Å².